The molecule has 2 amide bonds. The zero-order valence-corrected chi connectivity index (χ0v) is 14.8. The number of carbonyl (C=O) groups is 3. The number of anilines is 1. The van der Waals surface area contributed by atoms with Crippen molar-refractivity contribution in [1.29, 1.82) is 0 Å². The zero-order valence-electron chi connectivity index (χ0n) is 13.2. The number of nitrogens with one attached hydrogen (secondary N) is 2. The summed E-state index contributed by atoms with van der Waals surface area (Å²) in [6.45, 7) is 2.42. The average molecular weight is 366 g/mol. The van der Waals surface area contributed by atoms with Crippen molar-refractivity contribution in [3.63, 3.8) is 0 Å². The van der Waals surface area contributed by atoms with Gasteiger partial charge in [0.15, 0.2) is 0 Å². The number of esters is 1. The lowest BCUT2D eigenvalue weighted by Crippen LogP contribution is -2.27. The normalized spacial score (nSPS) is 16.6. The SMILES string of the molecule is CCCCOC(=O)c1ccc(NC(=O)C[C@H]2SC(=S)NC2=O)cc1. The van der Waals surface area contributed by atoms with Gasteiger partial charge in [-0.15, -0.1) is 0 Å². The largest absolute Gasteiger partial charge is 0.462 e. The number of hydrogen-bond donors (Lipinski definition) is 2. The Morgan fingerprint density at radius 3 is 2.62 bits per heavy atom. The van der Waals surface area contributed by atoms with Gasteiger partial charge in [0.2, 0.25) is 11.8 Å². The maximum atomic E-state index is 12.0. The molecule has 1 heterocycles. The molecule has 8 heteroatoms. The molecular formula is C16H18N2O4S2. The van der Waals surface area contributed by atoms with Gasteiger partial charge in [0, 0.05) is 12.1 Å². The second-order valence-electron chi connectivity index (χ2n) is 5.20. The van der Waals surface area contributed by atoms with Gasteiger partial charge in [0.25, 0.3) is 0 Å². The van der Waals surface area contributed by atoms with Crippen molar-refractivity contribution in [3.8, 4) is 0 Å². The summed E-state index contributed by atoms with van der Waals surface area (Å²) in [5.74, 6) is -0.912. The second kappa shape index (κ2) is 8.79. The molecule has 1 aliphatic rings. The summed E-state index contributed by atoms with van der Waals surface area (Å²) in [5, 5.41) is 4.70. The van der Waals surface area contributed by atoms with E-state index in [1.54, 1.807) is 24.3 Å². The molecule has 128 valence electrons. The Morgan fingerprint density at radius 2 is 2.04 bits per heavy atom. The van der Waals surface area contributed by atoms with Gasteiger partial charge < -0.3 is 15.4 Å². The molecule has 0 spiro atoms. The van der Waals surface area contributed by atoms with Crippen LogP contribution < -0.4 is 10.6 Å². The van der Waals surface area contributed by atoms with Gasteiger partial charge >= 0.3 is 5.97 Å². The van der Waals surface area contributed by atoms with Crippen molar-refractivity contribution in [2.45, 2.75) is 31.4 Å². The van der Waals surface area contributed by atoms with Crippen LogP contribution in [0.4, 0.5) is 5.69 Å². The average Bonchev–Trinajstić information content (AvgIpc) is 2.85. The maximum Gasteiger partial charge on any atom is 0.338 e. The number of benzene rings is 1. The predicted octanol–water partition coefficient (Wildman–Crippen LogP) is 2.49. The summed E-state index contributed by atoms with van der Waals surface area (Å²) in [7, 11) is 0. The van der Waals surface area contributed by atoms with E-state index < -0.39 is 5.25 Å². The highest BCUT2D eigenvalue weighted by Gasteiger charge is 2.30. The van der Waals surface area contributed by atoms with Crippen LogP contribution in [0.15, 0.2) is 24.3 Å². The smallest absolute Gasteiger partial charge is 0.338 e. The van der Waals surface area contributed by atoms with Crippen LogP contribution in [0, 0.1) is 0 Å². The van der Waals surface area contributed by atoms with Gasteiger partial charge in [-0.3, -0.25) is 9.59 Å². The fraction of sp³-hybridized carbons (Fsp3) is 0.375. The Bertz CT molecular complexity index is 646. The van der Waals surface area contributed by atoms with E-state index in [9.17, 15) is 14.4 Å². The summed E-state index contributed by atoms with van der Waals surface area (Å²) < 4.78 is 5.51. The number of thiocarbonyl (C=S) groups is 1. The second-order valence-corrected chi connectivity index (χ2v) is 7.08. The number of hydrogen-bond acceptors (Lipinski definition) is 6. The van der Waals surface area contributed by atoms with Crippen LogP contribution >= 0.6 is 24.0 Å². The van der Waals surface area contributed by atoms with Crippen LogP contribution in [-0.4, -0.2) is 34.0 Å². The lowest BCUT2D eigenvalue weighted by molar-refractivity contribution is -0.122. The summed E-state index contributed by atoms with van der Waals surface area (Å²) >= 11 is 6.06. The lowest BCUT2D eigenvalue weighted by Gasteiger charge is -2.08. The third-order valence-electron chi connectivity index (χ3n) is 3.27. The molecule has 24 heavy (non-hydrogen) atoms. The van der Waals surface area contributed by atoms with E-state index in [0.29, 0.717) is 22.2 Å². The van der Waals surface area contributed by atoms with Crippen molar-refractivity contribution in [2.75, 3.05) is 11.9 Å². The molecule has 1 aromatic carbocycles. The van der Waals surface area contributed by atoms with Gasteiger partial charge in [0.05, 0.1) is 17.4 Å². The first-order valence-corrected chi connectivity index (χ1v) is 8.87. The molecule has 1 atom stereocenters. The van der Waals surface area contributed by atoms with Crippen LogP contribution in [0.2, 0.25) is 0 Å². The summed E-state index contributed by atoms with van der Waals surface area (Å²) in [5.41, 5.74) is 0.983. The molecule has 2 N–H and O–H groups in total. The number of thioether (sulfide) groups is 1. The van der Waals surface area contributed by atoms with Crippen molar-refractivity contribution in [2.24, 2.45) is 0 Å². The number of carbonyl (C=O) groups excluding carboxylic acids is 3. The molecule has 1 fully saturated rings. The topological polar surface area (TPSA) is 84.5 Å². The number of amides is 2. The Hall–Kier alpha value is -1.93. The highest BCUT2D eigenvalue weighted by Crippen LogP contribution is 2.22. The Kier molecular flexibility index (Phi) is 6.74. The molecule has 1 saturated heterocycles. The predicted molar refractivity (Wildman–Crippen MR) is 97.0 cm³/mol. The third kappa shape index (κ3) is 5.31. The van der Waals surface area contributed by atoms with Gasteiger partial charge in [0.1, 0.15) is 4.32 Å². The van der Waals surface area contributed by atoms with Crippen LogP contribution in [0.1, 0.15) is 36.5 Å². The van der Waals surface area contributed by atoms with E-state index in [0.717, 1.165) is 12.8 Å². The molecule has 0 aliphatic carbocycles. The Balaban J connectivity index is 1.84. The van der Waals surface area contributed by atoms with Gasteiger partial charge in [-0.05, 0) is 30.7 Å². The minimum Gasteiger partial charge on any atom is -0.462 e. The zero-order chi connectivity index (χ0) is 17.5. The van der Waals surface area contributed by atoms with Crippen molar-refractivity contribution in [3.05, 3.63) is 29.8 Å². The standard InChI is InChI=1S/C16H18N2O4S2/c1-2-3-8-22-15(21)10-4-6-11(7-5-10)17-13(19)9-12-14(20)18-16(23)24-12/h4-7,12H,2-3,8-9H2,1H3,(H,17,19)(H,18,20,23)/t12-/m1/s1. The monoisotopic (exact) mass is 366 g/mol. The minimum absolute atomic E-state index is 0.0391. The van der Waals surface area contributed by atoms with E-state index in [2.05, 4.69) is 10.6 Å². The van der Waals surface area contributed by atoms with Gasteiger partial charge in [-0.1, -0.05) is 37.3 Å². The number of unbranched alkanes of at least 4 members (excludes halogenated alkanes) is 1. The first kappa shape index (κ1) is 18.4. The molecular weight excluding hydrogens is 348 g/mol. The minimum atomic E-state index is -0.495. The molecule has 0 radical (unpaired) electrons. The van der Waals surface area contributed by atoms with Gasteiger partial charge in [-0.2, -0.15) is 0 Å². The van der Waals surface area contributed by atoms with E-state index in [4.69, 9.17) is 17.0 Å². The van der Waals surface area contributed by atoms with Crippen LogP contribution in [0.5, 0.6) is 0 Å². The highest BCUT2D eigenvalue weighted by atomic mass is 32.2. The molecule has 0 bridgehead atoms. The van der Waals surface area contributed by atoms with Gasteiger partial charge in [-0.25, -0.2) is 4.79 Å². The van der Waals surface area contributed by atoms with E-state index in [-0.39, 0.29) is 24.2 Å². The third-order valence-corrected chi connectivity index (χ3v) is 4.65. The summed E-state index contributed by atoms with van der Waals surface area (Å²) in [6.07, 6.45) is 1.83. The van der Waals surface area contributed by atoms with E-state index >= 15 is 0 Å². The highest BCUT2D eigenvalue weighted by molar-refractivity contribution is 8.24. The molecule has 1 aromatic rings. The van der Waals surface area contributed by atoms with E-state index in [1.165, 1.54) is 11.8 Å². The van der Waals surface area contributed by atoms with Crippen LogP contribution in [-0.2, 0) is 14.3 Å². The van der Waals surface area contributed by atoms with Crippen LogP contribution in [0.3, 0.4) is 0 Å². The number of ether oxygens (including phenoxy) is 1. The van der Waals surface area contributed by atoms with Crippen LogP contribution in [0.25, 0.3) is 0 Å². The van der Waals surface area contributed by atoms with Crippen molar-refractivity contribution >= 4 is 51.8 Å². The Morgan fingerprint density at radius 1 is 1.33 bits per heavy atom. The first-order chi connectivity index (χ1) is 11.5. The number of rotatable bonds is 7. The fourth-order valence-electron chi connectivity index (χ4n) is 1.99. The first-order valence-electron chi connectivity index (χ1n) is 7.58. The molecule has 1 aliphatic heterocycles. The molecule has 0 unspecified atom stereocenters. The van der Waals surface area contributed by atoms with E-state index in [1.807, 2.05) is 6.92 Å². The Labute approximate surface area is 149 Å². The molecule has 0 aromatic heterocycles. The van der Waals surface area contributed by atoms with Crippen molar-refractivity contribution in [1.82, 2.24) is 5.32 Å². The quantitative estimate of drug-likeness (QED) is 0.438. The van der Waals surface area contributed by atoms with Crippen molar-refractivity contribution < 1.29 is 19.1 Å². The molecule has 0 saturated carbocycles. The summed E-state index contributed by atoms with van der Waals surface area (Å²) in [4.78, 5) is 35.3. The fourth-order valence-corrected chi connectivity index (χ4v) is 3.26. The lowest BCUT2D eigenvalue weighted by atomic mass is 10.2. The summed E-state index contributed by atoms with van der Waals surface area (Å²) in [6, 6.07) is 6.44. The maximum absolute atomic E-state index is 12.0. The molecule has 2 rings (SSSR count). The molecule has 6 nitrogen and oxygen atoms in total.